The summed E-state index contributed by atoms with van der Waals surface area (Å²) < 4.78 is 33.9. The third-order valence-electron chi connectivity index (χ3n) is 3.36. The fourth-order valence-electron chi connectivity index (χ4n) is 2.10. The minimum absolute atomic E-state index is 0.00896. The number of hydrogen-bond donors (Lipinski definition) is 1. The van der Waals surface area contributed by atoms with Crippen LogP contribution in [0.2, 0.25) is 0 Å². The van der Waals surface area contributed by atoms with E-state index < -0.39 is 24.5 Å². The van der Waals surface area contributed by atoms with Gasteiger partial charge in [-0.15, -0.1) is 11.3 Å². The molecule has 1 heterocycles. The van der Waals surface area contributed by atoms with Crippen molar-refractivity contribution in [2.75, 3.05) is 0 Å². The van der Waals surface area contributed by atoms with Crippen LogP contribution in [0.5, 0.6) is 5.75 Å². The Balaban J connectivity index is 1.99. The third kappa shape index (κ3) is 6.14. The molecule has 1 N–H and O–H groups in total. The zero-order chi connectivity index (χ0) is 20.0. The first kappa shape index (κ1) is 20.5. The maximum atomic E-state index is 12.4. The van der Waals surface area contributed by atoms with Gasteiger partial charge < -0.3 is 14.8 Å². The number of ketones is 1. The van der Waals surface area contributed by atoms with Crippen molar-refractivity contribution < 1.29 is 32.6 Å². The summed E-state index contributed by atoms with van der Waals surface area (Å²) in [6.07, 6.45) is -1.07. The van der Waals surface area contributed by atoms with Crippen LogP contribution >= 0.6 is 11.3 Å². The summed E-state index contributed by atoms with van der Waals surface area (Å²) in [5.41, 5.74) is -0.00896. The second kappa shape index (κ2) is 9.22. The van der Waals surface area contributed by atoms with E-state index in [0.29, 0.717) is 11.4 Å². The fourth-order valence-corrected chi connectivity index (χ4v) is 3.06. The van der Waals surface area contributed by atoms with E-state index in [4.69, 9.17) is 4.74 Å². The Morgan fingerprint density at radius 3 is 2.59 bits per heavy atom. The van der Waals surface area contributed by atoms with Crippen molar-refractivity contribution >= 4 is 29.0 Å². The van der Waals surface area contributed by atoms with E-state index in [1.807, 2.05) is 0 Å². The molecule has 27 heavy (non-hydrogen) atoms. The molecule has 0 radical (unpaired) electrons. The molecule has 1 unspecified atom stereocenters. The topological polar surface area (TPSA) is 81.7 Å². The van der Waals surface area contributed by atoms with E-state index in [1.165, 1.54) is 43.4 Å². The average molecular weight is 397 g/mol. The molecule has 0 bridgehead atoms. The fraction of sp³-hybridized carbons (Fsp3) is 0.278. The molecule has 0 saturated heterocycles. The number of halogens is 2. The van der Waals surface area contributed by atoms with Crippen LogP contribution in [-0.4, -0.2) is 30.4 Å². The number of ether oxygens (including phenoxy) is 2. The van der Waals surface area contributed by atoms with Crippen LogP contribution in [0.4, 0.5) is 8.78 Å². The highest BCUT2D eigenvalue weighted by Crippen LogP contribution is 2.21. The number of amides is 1. The highest BCUT2D eigenvalue weighted by atomic mass is 32.1. The van der Waals surface area contributed by atoms with Gasteiger partial charge in [0, 0.05) is 11.8 Å². The molecule has 0 fully saturated rings. The van der Waals surface area contributed by atoms with E-state index >= 15 is 0 Å². The van der Waals surface area contributed by atoms with Gasteiger partial charge in [0.25, 0.3) is 0 Å². The molecule has 2 aromatic rings. The summed E-state index contributed by atoms with van der Waals surface area (Å²) in [6, 6.07) is 8.42. The van der Waals surface area contributed by atoms with E-state index in [9.17, 15) is 23.2 Å². The van der Waals surface area contributed by atoms with Crippen molar-refractivity contribution in [2.45, 2.75) is 33.1 Å². The quantitative estimate of drug-likeness (QED) is 0.545. The van der Waals surface area contributed by atoms with Gasteiger partial charge in [-0.05, 0) is 37.3 Å². The lowest BCUT2D eigenvalue weighted by molar-refractivity contribution is -0.119. The largest absolute Gasteiger partial charge is 0.451 e. The zero-order valence-corrected chi connectivity index (χ0v) is 15.3. The van der Waals surface area contributed by atoms with Gasteiger partial charge in [-0.1, -0.05) is 6.07 Å². The first-order chi connectivity index (χ1) is 12.8. The highest BCUT2D eigenvalue weighted by Gasteiger charge is 2.22. The SMILES string of the molecule is CC(=O)NCc1ccc(C(=O)C(C)OC(=O)c2cccc(OC(F)F)c2)s1. The molecule has 0 aliphatic rings. The van der Waals surface area contributed by atoms with Gasteiger partial charge in [-0.2, -0.15) is 8.78 Å². The van der Waals surface area contributed by atoms with Crippen molar-refractivity contribution in [1.82, 2.24) is 5.32 Å². The number of carbonyl (C=O) groups is 3. The van der Waals surface area contributed by atoms with E-state index in [0.717, 1.165) is 10.9 Å². The Hall–Kier alpha value is -2.81. The normalized spacial score (nSPS) is 11.7. The van der Waals surface area contributed by atoms with Gasteiger partial charge in [-0.3, -0.25) is 9.59 Å². The summed E-state index contributed by atoms with van der Waals surface area (Å²) in [5, 5.41) is 2.63. The lowest BCUT2D eigenvalue weighted by atomic mass is 10.2. The number of hydrogen-bond acceptors (Lipinski definition) is 6. The molecule has 2 rings (SSSR count). The minimum atomic E-state index is -3.01. The molecular formula is C18H17F2NO5S. The average Bonchev–Trinajstić information content (AvgIpc) is 3.07. The molecule has 1 aromatic carbocycles. The molecule has 0 aliphatic carbocycles. The second-order valence-electron chi connectivity index (χ2n) is 5.49. The van der Waals surface area contributed by atoms with E-state index in [1.54, 1.807) is 12.1 Å². The third-order valence-corrected chi connectivity index (χ3v) is 4.46. The summed E-state index contributed by atoms with van der Waals surface area (Å²) in [6.45, 7) is 0.107. The standard InChI is InChI=1S/C18H17F2NO5S/c1-10(16(23)15-7-6-14(27-15)9-21-11(2)22)25-17(24)12-4-3-5-13(8-12)26-18(19)20/h3-8,10,18H,9H2,1-2H3,(H,21,22). The maximum Gasteiger partial charge on any atom is 0.387 e. The second-order valence-corrected chi connectivity index (χ2v) is 6.66. The molecular weight excluding hydrogens is 380 g/mol. The Kier molecular flexibility index (Phi) is 7.00. The van der Waals surface area contributed by atoms with E-state index in [2.05, 4.69) is 10.1 Å². The lowest BCUT2D eigenvalue weighted by Gasteiger charge is -2.12. The molecule has 0 aliphatic heterocycles. The molecule has 1 atom stereocenters. The number of alkyl halides is 2. The van der Waals surface area contributed by atoms with Gasteiger partial charge in [0.15, 0.2) is 6.10 Å². The van der Waals surface area contributed by atoms with Gasteiger partial charge >= 0.3 is 12.6 Å². The molecule has 144 valence electrons. The van der Waals surface area contributed by atoms with Gasteiger partial charge in [-0.25, -0.2) is 4.79 Å². The predicted octanol–water partition coefficient (Wildman–Crippen LogP) is 3.41. The summed E-state index contributed by atoms with van der Waals surface area (Å²) in [7, 11) is 0. The monoisotopic (exact) mass is 397 g/mol. The number of Topliss-reactive ketones (excluding diaryl/α,β-unsaturated/α-hetero) is 1. The van der Waals surface area contributed by atoms with Gasteiger partial charge in [0.1, 0.15) is 5.75 Å². The molecule has 0 saturated carbocycles. The Morgan fingerprint density at radius 2 is 1.93 bits per heavy atom. The van der Waals surface area contributed by atoms with Gasteiger partial charge in [0.2, 0.25) is 11.7 Å². The van der Waals surface area contributed by atoms with Crippen molar-refractivity contribution in [1.29, 1.82) is 0 Å². The van der Waals surface area contributed by atoms with Crippen LogP contribution in [0.1, 0.15) is 38.8 Å². The number of nitrogens with one attached hydrogen (secondary N) is 1. The molecule has 6 nitrogen and oxygen atoms in total. The number of benzene rings is 1. The molecule has 0 spiro atoms. The minimum Gasteiger partial charge on any atom is -0.451 e. The first-order valence-corrected chi connectivity index (χ1v) is 8.71. The van der Waals surface area contributed by atoms with Crippen LogP contribution in [-0.2, 0) is 16.1 Å². The van der Waals surface area contributed by atoms with Crippen molar-refractivity contribution in [3.8, 4) is 5.75 Å². The number of carbonyl (C=O) groups excluding carboxylic acids is 3. The Labute approximate surface area is 158 Å². The molecule has 9 heteroatoms. The van der Waals surface area contributed by atoms with Crippen molar-refractivity contribution in [3.63, 3.8) is 0 Å². The van der Waals surface area contributed by atoms with Crippen molar-refractivity contribution in [3.05, 3.63) is 51.7 Å². The van der Waals surface area contributed by atoms with Gasteiger partial charge in [0.05, 0.1) is 17.0 Å². The van der Waals surface area contributed by atoms with Crippen LogP contribution in [0.25, 0.3) is 0 Å². The van der Waals surface area contributed by atoms with Crippen molar-refractivity contribution in [2.24, 2.45) is 0 Å². The Bertz CT molecular complexity index is 837. The summed E-state index contributed by atoms with van der Waals surface area (Å²) in [4.78, 5) is 36.6. The van der Waals surface area contributed by atoms with E-state index in [-0.39, 0.29) is 17.2 Å². The lowest BCUT2D eigenvalue weighted by Crippen LogP contribution is -2.23. The van der Waals surface area contributed by atoms with Crippen LogP contribution < -0.4 is 10.1 Å². The maximum absolute atomic E-state index is 12.4. The summed E-state index contributed by atoms with van der Waals surface area (Å²) in [5.74, 6) is -1.59. The first-order valence-electron chi connectivity index (χ1n) is 7.89. The predicted molar refractivity (Wildman–Crippen MR) is 94.1 cm³/mol. The molecule has 1 amide bonds. The smallest absolute Gasteiger partial charge is 0.387 e. The van der Waals surface area contributed by atoms with Crippen LogP contribution in [0, 0.1) is 0 Å². The highest BCUT2D eigenvalue weighted by molar-refractivity contribution is 7.14. The Morgan fingerprint density at radius 1 is 1.19 bits per heavy atom. The van der Waals surface area contributed by atoms with Crippen LogP contribution in [0.3, 0.4) is 0 Å². The zero-order valence-electron chi connectivity index (χ0n) is 14.5. The number of thiophene rings is 1. The molecule has 1 aromatic heterocycles. The number of rotatable bonds is 8. The van der Waals surface area contributed by atoms with Crippen LogP contribution in [0.15, 0.2) is 36.4 Å². The number of esters is 1. The summed E-state index contributed by atoms with van der Waals surface area (Å²) >= 11 is 1.18.